The zero-order chi connectivity index (χ0) is 14.9. The quantitative estimate of drug-likeness (QED) is 0.671. The molecule has 0 aliphatic carbocycles. The van der Waals surface area contributed by atoms with Gasteiger partial charge in [0.25, 0.3) is 10.0 Å². The summed E-state index contributed by atoms with van der Waals surface area (Å²) in [6.45, 7) is 3.39. The van der Waals surface area contributed by atoms with Crippen molar-refractivity contribution < 1.29 is 12.8 Å². The smallest absolute Gasteiger partial charge is 0.262 e. The maximum Gasteiger partial charge on any atom is 0.262 e. The van der Waals surface area contributed by atoms with E-state index >= 15 is 0 Å². The van der Waals surface area contributed by atoms with E-state index in [1.165, 1.54) is 12.1 Å². The minimum Gasteiger partial charge on any atom is -0.398 e. The Balaban J connectivity index is 2.43. The molecule has 0 radical (unpaired) electrons. The van der Waals surface area contributed by atoms with E-state index in [-0.39, 0.29) is 10.6 Å². The van der Waals surface area contributed by atoms with Gasteiger partial charge in [-0.05, 0) is 49.2 Å². The van der Waals surface area contributed by atoms with E-state index in [1.807, 2.05) is 0 Å². The van der Waals surface area contributed by atoms with E-state index in [0.717, 1.165) is 17.8 Å². The van der Waals surface area contributed by atoms with Crippen LogP contribution in [0.15, 0.2) is 35.4 Å². The van der Waals surface area contributed by atoms with Crippen molar-refractivity contribution in [3.05, 3.63) is 47.5 Å². The number of benzene rings is 1. The summed E-state index contributed by atoms with van der Waals surface area (Å²) in [6, 6.07) is 5.61. The van der Waals surface area contributed by atoms with Gasteiger partial charge in [-0.25, -0.2) is 13.4 Å². The summed E-state index contributed by atoms with van der Waals surface area (Å²) >= 11 is 0. The summed E-state index contributed by atoms with van der Waals surface area (Å²) in [5, 5.41) is 0. The van der Waals surface area contributed by atoms with Crippen LogP contribution in [0.25, 0.3) is 0 Å². The molecule has 0 spiro atoms. The van der Waals surface area contributed by atoms with Crippen molar-refractivity contribution in [2.24, 2.45) is 0 Å². The van der Waals surface area contributed by atoms with Crippen molar-refractivity contribution in [3.63, 3.8) is 0 Å². The molecule has 0 saturated carbocycles. The van der Waals surface area contributed by atoms with E-state index in [1.54, 1.807) is 19.9 Å². The van der Waals surface area contributed by atoms with Crippen LogP contribution in [-0.4, -0.2) is 13.4 Å². The van der Waals surface area contributed by atoms with Crippen molar-refractivity contribution in [3.8, 4) is 0 Å². The van der Waals surface area contributed by atoms with Gasteiger partial charge in [-0.2, -0.15) is 4.39 Å². The first-order valence-corrected chi connectivity index (χ1v) is 7.29. The van der Waals surface area contributed by atoms with E-state index in [0.29, 0.717) is 11.3 Å². The molecule has 0 fully saturated rings. The maximum atomic E-state index is 12.7. The molecule has 2 aromatic rings. The lowest BCUT2D eigenvalue weighted by Gasteiger charge is -2.12. The molecule has 7 heteroatoms. The van der Waals surface area contributed by atoms with Gasteiger partial charge < -0.3 is 5.73 Å². The molecule has 1 heterocycles. The number of hydrogen-bond acceptors (Lipinski definition) is 4. The van der Waals surface area contributed by atoms with Crippen molar-refractivity contribution in [1.82, 2.24) is 4.98 Å². The number of aromatic nitrogens is 1. The number of nitrogens with one attached hydrogen (secondary N) is 1. The monoisotopic (exact) mass is 295 g/mol. The van der Waals surface area contributed by atoms with Crippen LogP contribution in [0.3, 0.4) is 0 Å². The van der Waals surface area contributed by atoms with Gasteiger partial charge in [-0.1, -0.05) is 0 Å². The average Bonchev–Trinajstić information content (AvgIpc) is 2.36. The number of hydrogen-bond donors (Lipinski definition) is 2. The van der Waals surface area contributed by atoms with Gasteiger partial charge in [0, 0.05) is 5.69 Å². The van der Waals surface area contributed by atoms with Crippen LogP contribution in [0.4, 0.5) is 15.8 Å². The first kappa shape index (κ1) is 14.3. The van der Waals surface area contributed by atoms with E-state index < -0.39 is 16.0 Å². The largest absolute Gasteiger partial charge is 0.398 e. The summed E-state index contributed by atoms with van der Waals surface area (Å²) in [6.07, 6.45) is 1.11. The minimum absolute atomic E-state index is 0.0966. The third-order valence-corrected chi connectivity index (χ3v) is 4.32. The van der Waals surface area contributed by atoms with Gasteiger partial charge >= 0.3 is 0 Å². The van der Waals surface area contributed by atoms with Crippen LogP contribution in [0, 0.1) is 19.8 Å². The fourth-order valence-electron chi connectivity index (χ4n) is 1.78. The third kappa shape index (κ3) is 2.88. The molecule has 3 N–H and O–H groups in total. The number of aryl methyl sites for hydroxylation is 1. The predicted octanol–water partition coefficient (Wildman–Crippen LogP) is 2.22. The second kappa shape index (κ2) is 5.09. The Labute approximate surface area is 116 Å². The first-order chi connectivity index (χ1) is 9.29. The second-order valence-electron chi connectivity index (χ2n) is 4.45. The van der Waals surface area contributed by atoms with E-state index in [4.69, 9.17) is 5.73 Å². The molecule has 106 valence electrons. The molecular weight excluding hydrogens is 281 g/mol. The van der Waals surface area contributed by atoms with Gasteiger partial charge in [0.05, 0.1) is 16.8 Å². The highest BCUT2D eigenvalue weighted by Crippen LogP contribution is 2.24. The predicted molar refractivity (Wildman–Crippen MR) is 75.3 cm³/mol. The number of halogens is 1. The summed E-state index contributed by atoms with van der Waals surface area (Å²) in [5.41, 5.74) is 7.58. The van der Waals surface area contributed by atoms with Crippen LogP contribution in [0.1, 0.15) is 11.1 Å². The Morgan fingerprint density at radius 3 is 2.55 bits per heavy atom. The van der Waals surface area contributed by atoms with Gasteiger partial charge in [0.15, 0.2) is 0 Å². The number of anilines is 2. The number of nitrogens with two attached hydrogens (primary N) is 1. The third-order valence-electron chi connectivity index (χ3n) is 2.81. The summed E-state index contributed by atoms with van der Waals surface area (Å²) in [7, 11) is -3.79. The molecule has 1 aromatic heterocycles. The van der Waals surface area contributed by atoms with Gasteiger partial charge in [-0.3, -0.25) is 4.72 Å². The topological polar surface area (TPSA) is 85.1 Å². The highest BCUT2D eigenvalue weighted by atomic mass is 32.2. The summed E-state index contributed by atoms with van der Waals surface area (Å²) in [5.74, 6) is -0.677. The Morgan fingerprint density at radius 1 is 1.25 bits per heavy atom. The van der Waals surface area contributed by atoms with Crippen LogP contribution >= 0.6 is 0 Å². The molecule has 20 heavy (non-hydrogen) atoms. The maximum absolute atomic E-state index is 12.7. The van der Waals surface area contributed by atoms with E-state index in [9.17, 15) is 12.8 Å². The zero-order valence-electron chi connectivity index (χ0n) is 11.0. The van der Waals surface area contributed by atoms with Crippen LogP contribution in [0.2, 0.25) is 0 Å². The lowest BCUT2D eigenvalue weighted by atomic mass is 10.1. The van der Waals surface area contributed by atoms with Gasteiger partial charge in [0.2, 0.25) is 5.95 Å². The van der Waals surface area contributed by atoms with Crippen molar-refractivity contribution in [1.29, 1.82) is 0 Å². The fraction of sp³-hybridized carbons (Fsp3) is 0.154. The molecule has 1 aromatic carbocycles. The molecule has 5 nitrogen and oxygen atoms in total. The Bertz CT molecular complexity index is 743. The van der Waals surface area contributed by atoms with Crippen molar-refractivity contribution in [2.45, 2.75) is 18.7 Å². The molecule has 0 amide bonds. The van der Waals surface area contributed by atoms with Crippen LogP contribution in [0.5, 0.6) is 0 Å². The standard InChI is InChI=1S/C13H14FN3O2S/c1-8-5-11(15)9(2)12(6-8)20(18,19)17-10-3-4-13(14)16-7-10/h3-7,17H,15H2,1-2H3. The van der Waals surface area contributed by atoms with E-state index in [2.05, 4.69) is 9.71 Å². The molecule has 0 saturated heterocycles. The highest BCUT2D eigenvalue weighted by molar-refractivity contribution is 7.92. The van der Waals surface area contributed by atoms with Crippen molar-refractivity contribution in [2.75, 3.05) is 10.5 Å². The van der Waals surface area contributed by atoms with Crippen LogP contribution < -0.4 is 10.5 Å². The lowest BCUT2D eigenvalue weighted by molar-refractivity contribution is 0.583. The van der Waals surface area contributed by atoms with Crippen molar-refractivity contribution >= 4 is 21.4 Å². The molecule has 0 bridgehead atoms. The summed E-state index contributed by atoms with van der Waals surface area (Å²) < 4.78 is 39.7. The molecular formula is C13H14FN3O2S. The normalized spacial score (nSPS) is 11.3. The Kier molecular flexibility index (Phi) is 3.63. The Morgan fingerprint density at radius 2 is 1.95 bits per heavy atom. The number of nitrogens with zero attached hydrogens (tertiary/aromatic N) is 1. The number of pyridine rings is 1. The molecule has 0 aliphatic heterocycles. The Hall–Kier alpha value is -2.15. The number of nitrogen functional groups attached to an aromatic ring is 1. The number of sulfonamides is 1. The zero-order valence-corrected chi connectivity index (χ0v) is 11.8. The van der Waals surface area contributed by atoms with Gasteiger partial charge in [0.1, 0.15) is 0 Å². The molecule has 0 unspecified atom stereocenters. The molecule has 2 rings (SSSR count). The number of rotatable bonds is 3. The second-order valence-corrected chi connectivity index (χ2v) is 6.10. The fourth-order valence-corrected chi connectivity index (χ4v) is 3.18. The average molecular weight is 295 g/mol. The molecule has 0 aliphatic rings. The molecule has 0 atom stereocenters. The van der Waals surface area contributed by atoms with Crippen LogP contribution in [-0.2, 0) is 10.0 Å². The van der Waals surface area contributed by atoms with Gasteiger partial charge in [-0.15, -0.1) is 0 Å². The lowest BCUT2D eigenvalue weighted by Crippen LogP contribution is -2.15. The highest BCUT2D eigenvalue weighted by Gasteiger charge is 2.19. The first-order valence-electron chi connectivity index (χ1n) is 5.81. The minimum atomic E-state index is -3.79. The SMILES string of the molecule is Cc1cc(N)c(C)c(S(=O)(=O)Nc2ccc(F)nc2)c1. The summed E-state index contributed by atoms with van der Waals surface area (Å²) in [4.78, 5) is 3.49.